The number of hydrogen-bond acceptors (Lipinski definition) is 4. The minimum absolute atomic E-state index is 0.0530. The highest BCUT2D eigenvalue weighted by Gasteiger charge is 2.61. The van der Waals surface area contributed by atoms with Gasteiger partial charge < -0.3 is 15.8 Å². The Bertz CT molecular complexity index is 1200. The number of ether oxygens (including phenoxy) is 1. The molecule has 5 nitrogen and oxygen atoms in total. The summed E-state index contributed by atoms with van der Waals surface area (Å²) in [5.41, 5.74) is 9.60. The maximum absolute atomic E-state index is 12.8. The van der Waals surface area contributed by atoms with Crippen molar-refractivity contribution in [3.05, 3.63) is 88.9 Å². The first-order valence-corrected chi connectivity index (χ1v) is 12.2. The van der Waals surface area contributed by atoms with Crippen LogP contribution in [0.5, 0.6) is 0 Å². The zero-order valence-corrected chi connectivity index (χ0v) is 21.1. The van der Waals surface area contributed by atoms with Gasteiger partial charge in [0, 0.05) is 23.2 Å². The molecule has 0 spiro atoms. The molecule has 1 amide bonds. The summed E-state index contributed by atoms with van der Waals surface area (Å²) in [6.45, 7) is 5.57. The Balaban J connectivity index is 1.32. The first-order chi connectivity index (χ1) is 16.6. The molecule has 3 aromatic carbocycles. The maximum Gasteiger partial charge on any atom is 0.318 e. The van der Waals surface area contributed by atoms with Gasteiger partial charge in [-0.3, -0.25) is 9.59 Å². The van der Waals surface area contributed by atoms with Crippen LogP contribution in [-0.4, -0.2) is 23.5 Å². The van der Waals surface area contributed by atoms with Crippen LogP contribution < -0.4 is 11.1 Å². The van der Waals surface area contributed by atoms with Crippen LogP contribution in [-0.2, 0) is 26.2 Å². The van der Waals surface area contributed by atoms with Gasteiger partial charge in [0.25, 0.3) is 0 Å². The predicted molar refractivity (Wildman–Crippen MR) is 140 cm³/mol. The van der Waals surface area contributed by atoms with Crippen molar-refractivity contribution in [2.24, 2.45) is 5.73 Å². The SMILES string of the molecule is CC(C)(C)OC(=O)C1(c2ccc(CCC(=O)Nc3ccc(-c4ccc(Cl)cc4)cc3)cc2)CC1N. The number of nitrogens with two attached hydrogens (primary N) is 1. The second kappa shape index (κ2) is 9.84. The Morgan fingerprint density at radius 1 is 0.971 bits per heavy atom. The van der Waals surface area contributed by atoms with Crippen molar-refractivity contribution >= 4 is 29.2 Å². The monoisotopic (exact) mass is 490 g/mol. The van der Waals surface area contributed by atoms with Crippen LogP contribution >= 0.6 is 11.6 Å². The normalized spacial score (nSPS) is 19.2. The molecule has 1 saturated carbocycles. The lowest BCUT2D eigenvalue weighted by molar-refractivity contribution is -0.158. The predicted octanol–water partition coefficient (Wildman–Crippen LogP) is 5.89. The fourth-order valence-corrected chi connectivity index (χ4v) is 4.31. The highest BCUT2D eigenvalue weighted by Crippen LogP contribution is 2.48. The van der Waals surface area contributed by atoms with E-state index in [0.717, 1.165) is 27.9 Å². The van der Waals surface area contributed by atoms with Crippen LogP contribution in [0.1, 0.15) is 44.7 Å². The molecule has 0 heterocycles. The van der Waals surface area contributed by atoms with Gasteiger partial charge in [0.1, 0.15) is 11.0 Å². The second-order valence-electron chi connectivity index (χ2n) is 10.1. The summed E-state index contributed by atoms with van der Waals surface area (Å²) in [4.78, 5) is 25.3. The number of anilines is 1. The van der Waals surface area contributed by atoms with Crippen molar-refractivity contribution in [1.29, 1.82) is 0 Å². The molecule has 182 valence electrons. The first kappa shape index (κ1) is 25.0. The molecule has 2 unspecified atom stereocenters. The quantitative estimate of drug-likeness (QED) is 0.405. The van der Waals surface area contributed by atoms with Crippen LogP contribution in [0.2, 0.25) is 5.02 Å². The van der Waals surface area contributed by atoms with Gasteiger partial charge in [0.15, 0.2) is 0 Å². The van der Waals surface area contributed by atoms with Gasteiger partial charge in [0.2, 0.25) is 5.91 Å². The fourth-order valence-electron chi connectivity index (χ4n) is 4.18. The van der Waals surface area contributed by atoms with Crippen molar-refractivity contribution in [3.63, 3.8) is 0 Å². The van der Waals surface area contributed by atoms with Crippen molar-refractivity contribution < 1.29 is 14.3 Å². The topological polar surface area (TPSA) is 81.4 Å². The smallest absolute Gasteiger partial charge is 0.318 e. The zero-order chi connectivity index (χ0) is 25.2. The van der Waals surface area contributed by atoms with Crippen LogP contribution in [0.15, 0.2) is 72.8 Å². The maximum atomic E-state index is 12.8. The van der Waals surface area contributed by atoms with Gasteiger partial charge in [0.05, 0.1) is 0 Å². The third-order valence-corrected chi connectivity index (χ3v) is 6.49. The Morgan fingerprint density at radius 2 is 1.51 bits per heavy atom. The summed E-state index contributed by atoms with van der Waals surface area (Å²) >= 11 is 5.95. The number of nitrogens with one attached hydrogen (secondary N) is 1. The molecule has 1 aliphatic carbocycles. The lowest BCUT2D eigenvalue weighted by Crippen LogP contribution is -2.35. The lowest BCUT2D eigenvalue weighted by atomic mass is 9.93. The third-order valence-electron chi connectivity index (χ3n) is 6.23. The fraction of sp³-hybridized carbons (Fsp3) is 0.310. The summed E-state index contributed by atoms with van der Waals surface area (Å²) in [6.07, 6.45) is 1.54. The van der Waals surface area contributed by atoms with E-state index in [1.165, 1.54) is 0 Å². The van der Waals surface area contributed by atoms with E-state index in [9.17, 15) is 9.59 Å². The zero-order valence-electron chi connectivity index (χ0n) is 20.3. The molecule has 0 bridgehead atoms. The number of amides is 1. The van der Waals surface area contributed by atoms with Crippen molar-refractivity contribution in [2.45, 2.75) is 57.1 Å². The molecule has 1 fully saturated rings. The molecule has 2 atom stereocenters. The average molecular weight is 491 g/mol. The minimum Gasteiger partial charge on any atom is -0.459 e. The van der Waals surface area contributed by atoms with Crippen LogP contribution in [0, 0.1) is 0 Å². The Morgan fingerprint density at radius 3 is 2.03 bits per heavy atom. The molecule has 0 aromatic heterocycles. The summed E-state index contributed by atoms with van der Waals surface area (Å²) in [6, 6.07) is 22.9. The van der Waals surface area contributed by atoms with Crippen LogP contribution in [0.3, 0.4) is 0 Å². The van der Waals surface area contributed by atoms with Crippen molar-refractivity contribution in [2.75, 3.05) is 5.32 Å². The average Bonchev–Trinajstić information content (AvgIpc) is 3.50. The molecule has 0 radical (unpaired) electrons. The molecule has 3 N–H and O–H groups in total. The number of carbonyl (C=O) groups is 2. The van der Waals surface area contributed by atoms with Gasteiger partial charge in [-0.15, -0.1) is 0 Å². The van der Waals surface area contributed by atoms with E-state index in [1.807, 2.05) is 93.6 Å². The number of halogens is 1. The number of carbonyl (C=O) groups excluding carboxylic acids is 2. The van der Waals surface area contributed by atoms with Gasteiger partial charge in [-0.1, -0.05) is 60.1 Å². The molecule has 1 aliphatic rings. The van der Waals surface area contributed by atoms with Crippen molar-refractivity contribution in [3.8, 4) is 11.1 Å². The third kappa shape index (κ3) is 5.92. The molecular formula is C29H31ClN2O3. The number of esters is 1. The second-order valence-corrected chi connectivity index (χ2v) is 10.5. The molecule has 0 aliphatic heterocycles. The minimum atomic E-state index is -0.763. The van der Waals surface area contributed by atoms with Gasteiger partial charge in [-0.2, -0.15) is 0 Å². The van der Waals surface area contributed by atoms with Gasteiger partial charge in [-0.05, 0) is 80.1 Å². The summed E-state index contributed by atoms with van der Waals surface area (Å²) < 4.78 is 5.62. The molecule has 0 saturated heterocycles. The number of benzene rings is 3. The van der Waals surface area contributed by atoms with E-state index in [-0.39, 0.29) is 17.9 Å². The summed E-state index contributed by atoms with van der Waals surface area (Å²) in [7, 11) is 0. The Hall–Kier alpha value is -3.15. The highest BCUT2D eigenvalue weighted by molar-refractivity contribution is 6.30. The number of aryl methyl sites for hydroxylation is 1. The molecule has 6 heteroatoms. The molecule has 35 heavy (non-hydrogen) atoms. The number of hydrogen-bond donors (Lipinski definition) is 2. The molecule has 4 rings (SSSR count). The summed E-state index contributed by atoms with van der Waals surface area (Å²) in [5.74, 6) is -0.325. The highest BCUT2D eigenvalue weighted by atomic mass is 35.5. The van der Waals surface area contributed by atoms with Gasteiger partial charge in [-0.25, -0.2) is 0 Å². The van der Waals surface area contributed by atoms with E-state index < -0.39 is 11.0 Å². The van der Waals surface area contributed by atoms with E-state index in [1.54, 1.807) is 0 Å². The molecule has 3 aromatic rings. The Labute approximate surface area is 211 Å². The first-order valence-electron chi connectivity index (χ1n) is 11.8. The Kier molecular flexibility index (Phi) is 7.02. The molecular weight excluding hydrogens is 460 g/mol. The van der Waals surface area contributed by atoms with Crippen molar-refractivity contribution in [1.82, 2.24) is 0 Å². The van der Waals surface area contributed by atoms with Crippen LogP contribution in [0.4, 0.5) is 5.69 Å². The lowest BCUT2D eigenvalue weighted by Gasteiger charge is -2.24. The summed E-state index contributed by atoms with van der Waals surface area (Å²) in [5, 5.41) is 3.65. The van der Waals surface area contributed by atoms with E-state index in [0.29, 0.717) is 24.3 Å². The van der Waals surface area contributed by atoms with E-state index in [2.05, 4.69) is 5.32 Å². The standard InChI is InChI=1S/C29H31ClN2O3/c1-28(2,3)35-27(34)29(18-25(29)31)22-11-4-19(5-12-22)6-17-26(33)32-24-15-9-21(10-16-24)20-7-13-23(30)14-8-20/h4-5,7-16,25H,6,17-18,31H2,1-3H3,(H,32,33). The number of rotatable bonds is 7. The van der Waals surface area contributed by atoms with Gasteiger partial charge >= 0.3 is 5.97 Å². The van der Waals surface area contributed by atoms with E-state index >= 15 is 0 Å². The van der Waals surface area contributed by atoms with E-state index in [4.69, 9.17) is 22.1 Å². The largest absolute Gasteiger partial charge is 0.459 e. The van der Waals surface area contributed by atoms with Crippen LogP contribution in [0.25, 0.3) is 11.1 Å².